The molecule has 1 aliphatic rings. The van der Waals surface area contributed by atoms with E-state index in [1.807, 2.05) is 0 Å². The Kier molecular flexibility index (Phi) is 3.94. The van der Waals surface area contributed by atoms with E-state index >= 15 is 0 Å². The predicted octanol–water partition coefficient (Wildman–Crippen LogP) is 1.85. The second-order valence-corrected chi connectivity index (χ2v) is 4.42. The maximum Gasteiger partial charge on any atom is 0.155 e. The highest BCUT2D eigenvalue weighted by Gasteiger charge is 2.26. The lowest BCUT2D eigenvalue weighted by Gasteiger charge is -2.31. The van der Waals surface area contributed by atoms with Crippen LogP contribution < -0.4 is 10.5 Å². The number of pyridine rings is 1. The molecule has 1 aromatic rings. The highest BCUT2D eigenvalue weighted by Crippen LogP contribution is 2.28. The number of ether oxygens (including phenoxy) is 1. The lowest BCUT2D eigenvalue weighted by atomic mass is 9.86. The van der Waals surface area contributed by atoms with Crippen LogP contribution in [0.4, 0.5) is 0 Å². The number of hydrogen-bond donors (Lipinski definition) is 1. The molecule has 2 unspecified atom stereocenters. The summed E-state index contributed by atoms with van der Waals surface area (Å²) in [6.45, 7) is 0.646. The molecule has 1 aromatic heterocycles. The minimum absolute atomic E-state index is 0.130. The summed E-state index contributed by atoms with van der Waals surface area (Å²) in [6, 6.07) is 3.80. The van der Waals surface area contributed by atoms with Crippen molar-refractivity contribution in [3.8, 4) is 11.8 Å². The number of hydrogen-bond acceptors (Lipinski definition) is 4. The summed E-state index contributed by atoms with van der Waals surface area (Å²) >= 11 is 0. The summed E-state index contributed by atoms with van der Waals surface area (Å²) in [7, 11) is 0. The summed E-state index contributed by atoms with van der Waals surface area (Å²) in [5.74, 6) is 0.982. The Morgan fingerprint density at radius 2 is 2.29 bits per heavy atom. The molecule has 1 fully saturated rings. The molecule has 4 nitrogen and oxygen atoms in total. The summed E-state index contributed by atoms with van der Waals surface area (Å²) < 4.78 is 5.92. The van der Waals surface area contributed by atoms with Crippen LogP contribution in [0, 0.1) is 17.2 Å². The average Bonchev–Trinajstić information content (AvgIpc) is 2.40. The topological polar surface area (TPSA) is 71.9 Å². The van der Waals surface area contributed by atoms with Crippen LogP contribution in [-0.2, 0) is 0 Å². The molecule has 1 aliphatic carbocycles. The second kappa shape index (κ2) is 5.65. The normalized spacial score (nSPS) is 24.0. The largest absolute Gasteiger partial charge is 0.487 e. The van der Waals surface area contributed by atoms with Crippen molar-refractivity contribution in [3.05, 3.63) is 24.0 Å². The van der Waals surface area contributed by atoms with Crippen molar-refractivity contribution < 1.29 is 4.74 Å². The highest BCUT2D eigenvalue weighted by atomic mass is 16.5. The van der Waals surface area contributed by atoms with Crippen molar-refractivity contribution in [1.29, 1.82) is 5.26 Å². The molecule has 1 heterocycles. The molecule has 1 saturated carbocycles. The van der Waals surface area contributed by atoms with Crippen LogP contribution in [0.5, 0.6) is 5.75 Å². The number of nitriles is 1. The van der Waals surface area contributed by atoms with Gasteiger partial charge in [-0.1, -0.05) is 6.42 Å². The van der Waals surface area contributed by atoms with Gasteiger partial charge in [0.1, 0.15) is 12.2 Å². The van der Waals surface area contributed by atoms with Gasteiger partial charge >= 0.3 is 0 Å². The molecular weight excluding hydrogens is 214 g/mol. The summed E-state index contributed by atoms with van der Waals surface area (Å²) in [5, 5.41) is 8.99. The number of nitrogens with two attached hydrogens (primary N) is 1. The lowest BCUT2D eigenvalue weighted by Crippen LogP contribution is -2.35. The van der Waals surface area contributed by atoms with Gasteiger partial charge < -0.3 is 10.5 Å². The van der Waals surface area contributed by atoms with Crippen molar-refractivity contribution >= 4 is 0 Å². The Hall–Kier alpha value is -1.60. The van der Waals surface area contributed by atoms with E-state index in [1.165, 1.54) is 12.8 Å². The molecule has 0 spiro atoms. The minimum Gasteiger partial charge on any atom is -0.487 e. The van der Waals surface area contributed by atoms with Gasteiger partial charge in [-0.25, -0.2) is 0 Å². The third-order valence-electron chi connectivity index (χ3n) is 3.33. The summed E-state index contributed by atoms with van der Waals surface area (Å²) in [6.07, 6.45) is 7.87. The summed E-state index contributed by atoms with van der Waals surface area (Å²) in [5.41, 5.74) is 6.30. The first-order valence-corrected chi connectivity index (χ1v) is 6.06. The van der Waals surface area contributed by atoms with Gasteiger partial charge in [-0.15, -0.1) is 0 Å². The fourth-order valence-corrected chi connectivity index (χ4v) is 2.33. The zero-order valence-corrected chi connectivity index (χ0v) is 9.80. The standard InChI is InChI=1S/C13H17N3O/c14-7-10-3-1-2-4-12(10)17-13-9-16-6-5-11(13)8-15/h5-6,9-10,12H,1-4,7,14H2. The van der Waals surface area contributed by atoms with Gasteiger partial charge in [-0.05, 0) is 31.9 Å². The van der Waals surface area contributed by atoms with Gasteiger partial charge in [0.15, 0.2) is 5.75 Å². The number of rotatable bonds is 3. The number of nitrogens with zero attached hydrogens (tertiary/aromatic N) is 2. The van der Waals surface area contributed by atoms with Crippen LogP contribution >= 0.6 is 0 Å². The van der Waals surface area contributed by atoms with Gasteiger partial charge in [0.05, 0.1) is 11.8 Å². The second-order valence-electron chi connectivity index (χ2n) is 4.42. The van der Waals surface area contributed by atoms with Gasteiger partial charge in [0.2, 0.25) is 0 Å². The highest BCUT2D eigenvalue weighted by molar-refractivity contribution is 5.40. The Bertz CT molecular complexity index is 413. The first-order valence-electron chi connectivity index (χ1n) is 6.06. The van der Waals surface area contributed by atoms with Gasteiger partial charge in [-0.2, -0.15) is 5.26 Å². The average molecular weight is 231 g/mol. The number of aromatic nitrogens is 1. The van der Waals surface area contributed by atoms with Crippen molar-refractivity contribution in [2.24, 2.45) is 11.7 Å². The van der Waals surface area contributed by atoms with Crippen molar-refractivity contribution in [3.63, 3.8) is 0 Å². The van der Waals surface area contributed by atoms with E-state index in [0.717, 1.165) is 12.8 Å². The quantitative estimate of drug-likeness (QED) is 0.861. The third kappa shape index (κ3) is 2.75. The first kappa shape index (κ1) is 11.9. The van der Waals surface area contributed by atoms with Crippen LogP contribution in [0.15, 0.2) is 18.5 Å². The van der Waals surface area contributed by atoms with E-state index in [9.17, 15) is 0 Å². The third-order valence-corrected chi connectivity index (χ3v) is 3.33. The van der Waals surface area contributed by atoms with E-state index in [4.69, 9.17) is 15.7 Å². The van der Waals surface area contributed by atoms with E-state index in [2.05, 4.69) is 11.1 Å². The van der Waals surface area contributed by atoms with Crippen LogP contribution in [0.1, 0.15) is 31.2 Å². The fourth-order valence-electron chi connectivity index (χ4n) is 2.33. The van der Waals surface area contributed by atoms with Crippen LogP contribution in [-0.4, -0.2) is 17.6 Å². The molecule has 90 valence electrons. The fraction of sp³-hybridized carbons (Fsp3) is 0.538. The van der Waals surface area contributed by atoms with Gasteiger partial charge in [-0.3, -0.25) is 4.98 Å². The molecule has 2 rings (SSSR count). The Morgan fingerprint density at radius 1 is 1.47 bits per heavy atom. The Labute approximate surface area is 101 Å². The van der Waals surface area contributed by atoms with Crippen molar-refractivity contribution in [2.75, 3.05) is 6.54 Å². The zero-order chi connectivity index (χ0) is 12.1. The molecule has 0 amide bonds. The molecule has 2 N–H and O–H groups in total. The SMILES string of the molecule is N#Cc1ccncc1OC1CCCCC1CN. The molecular formula is C13H17N3O. The van der Waals surface area contributed by atoms with Crippen molar-refractivity contribution in [1.82, 2.24) is 4.98 Å². The summed E-state index contributed by atoms with van der Waals surface area (Å²) in [4.78, 5) is 4.00. The Morgan fingerprint density at radius 3 is 3.06 bits per heavy atom. The van der Waals surface area contributed by atoms with E-state index in [0.29, 0.717) is 23.8 Å². The van der Waals surface area contributed by atoms with Crippen LogP contribution in [0.25, 0.3) is 0 Å². The molecule has 17 heavy (non-hydrogen) atoms. The molecule has 0 saturated heterocycles. The van der Waals surface area contributed by atoms with E-state index < -0.39 is 0 Å². The van der Waals surface area contributed by atoms with E-state index in [-0.39, 0.29) is 6.10 Å². The van der Waals surface area contributed by atoms with E-state index in [1.54, 1.807) is 18.5 Å². The molecule has 0 radical (unpaired) electrons. The molecule has 0 aliphatic heterocycles. The molecule has 2 atom stereocenters. The maximum absolute atomic E-state index is 8.99. The van der Waals surface area contributed by atoms with Crippen LogP contribution in [0.2, 0.25) is 0 Å². The minimum atomic E-state index is 0.130. The Balaban J connectivity index is 2.11. The first-order chi connectivity index (χ1) is 8.35. The lowest BCUT2D eigenvalue weighted by molar-refractivity contribution is 0.0963. The molecule has 0 bridgehead atoms. The van der Waals surface area contributed by atoms with Crippen molar-refractivity contribution in [2.45, 2.75) is 31.8 Å². The van der Waals surface area contributed by atoms with Gasteiger partial charge in [0, 0.05) is 12.1 Å². The van der Waals surface area contributed by atoms with Gasteiger partial charge in [0.25, 0.3) is 0 Å². The molecule has 0 aromatic carbocycles. The molecule has 4 heteroatoms. The van der Waals surface area contributed by atoms with Crippen LogP contribution in [0.3, 0.4) is 0 Å². The zero-order valence-electron chi connectivity index (χ0n) is 9.80. The predicted molar refractivity (Wildman–Crippen MR) is 64.4 cm³/mol. The monoisotopic (exact) mass is 231 g/mol. The smallest absolute Gasteiger partial charge is 0.155 e. The maximum atomic E-state index is 8.99.